The zero-order chi connectivity index (χ0) is 25.9. The van der Waals surface area contributed by atoms with E-state index in [1.165, 1.54) is 12.1 Å². The van der Waals surface area contributed by atoms with E-state index in [9.17, 15) is 14.4 Å². The average Bonchev–Trinajstić information content (AvgIpc) is 2.91. The highest BCUT2D eigenvalue weighted by molar-refractivity contribution is 6.26. The number of carbonyl (C=O) groups is 3. The van der Waals surface area contributed by atoms with Crippen LogP contribution in [0.25, 0.3) is 32.6 Å². The highest BCUT2D eigenvalue weighted by atomic mass is 16.5. The fraction of sp³-hybridized carbons (Fsp3) is 0.148. The Labute approximate surface area is 211 Å². The summed E-state index contributed by atoms with van der Waals surface area (Å²) in [7, 11) is 0. The quantitative estimate of drug-likeness (QED) is 0.113. The van der Waals surface area contributed by atoms with E-state index in [-0.39, 0.29) is 19.6 Å². The Morgan fingerprint density at radius 3 is 2.49 bits per heavy atom. The second-order valence-electron chi connectivity index (χ2n) is 8.49. The number of pyridine rings is 2. The van der Waals surface area contributed by atoms with Crippen LogP contribution in [0.1, 0.15) is 38.3 Å². The molecule has 182 valence electrons. The highest BCUT2D eigenvalue weighted by Gasteiger charge is 2.33. The standard InChI is InChI=1S/C27H20N6O4/c1-16-7-10-29-22(13-16)23-14-17(8-11-30-23)15-37-24(34)9-12-33-26(35)19-4-2-3-18-21(31-32-28)6-5-20(25(18)19)27(33)36/h2-8,10-11,13-14H,9,12,15H2,1H3. The lowest BCUT2D eigenvalue weighted by atomic mass is 9.93. The second kappa shape index (κ2) is 9.88. The van der Waals surface area contributed by atoms with Gasteiger partial charge in [-0.2, -0.15) is 0 Å². The first kappa shape index (κ1) is 23.7. The van der Waals surface area contributed by atoms with Crippen LogP contribution in [-0.4, -0.2) is 39.2 Å². The maximum Gasteiger partial charge on any atom is 0.307 e. The molecule has 10 heteroatoms. The molecule has 3 heterocycles. The smallest absolute Gasteiger partial charge is 0.307 e. The molecule has 0 saturated heterocycles. The fourth-order valence-corrected chi connectivity index (χ4v) is 4.29. The van der Waals surface area contributed by atoms with E-state index in [1.54, 1.807) is 42.7 Å². The Hall–Kier alpha value is -5.08. The SMILES string of the molecule is Cc1ccnc(-c2cc(COC(=O)CCN3C(=O)c4cccc5c(N=[N+]=[N-])ccc(c45)C3=O)ccn2)c1. The number of imide groups is 1. The summed E-state index contributed by atoms with van der Waals surface area (Å²) < 4.78 is 5.39. The predicted molar refractivity (Wildman–Crippen MR) is 135 cm³/mol. The fourth-order valence-electron chi connectivity index (χ4n) is 4.29. The number of hydrogen-bond acceptors (Lipinski definition) is 7. The molecule has 0 fully saturated rings. The Balaban J connectivity index is 1.26. The minimum Gasteiger partial charge on any atom is -0.461 e. The molecule has 0 aliphatic carbocycles. The van der Waals surface area contributed by atoms with Crippen LogP contribution in [0.3, 0.4) is 0 Å². The van der Waals surface area contributed by atoms with E-state index >= 15 is 0 Å². The molecule has 2 aromatic heterocycles. The van der Waals surface area contributed by atoms with Crippen LogP contribution in [0.5, 0.6) is 0 Å². The van der Waals surface area contributed by atoms with Gasteiger partial charge in [-0.3, -0.25) is 29.3 Å². The first-order chi connectivity index (χ1) is 18.0. The van der Waals surface area contributed by atoms with E-state index in [0.29, 0.717) is 33.3 Å². The third-order valence-electron chi connectivity index (χ3n) is 6.06. The molecule has 5 rings (SSSR count). The molecular formula is C27H20N6O4. The molecule has 0 saturated carbocycles. The van der Waals surface area contributed by atoms with Gasteiger partial charge in [-0.1, -0.05) is 23.3 Å². The van der Waals surface area contributed by atoms with Crippen molar-refractivity contribution in [2.24, 2.45) is 5.11 Å². The van der Waals surface area contributed by atoms with Crippen molar-refractivity contribution in [3.63, 3.8) is 0 Å². The molecule has 2 amide bonds. The Bertz CT molecular complexity index is 1600. The average molecular weight is 492 g/mol. The topological polar surface area (TPSA) is 138 Å². The van der Waals surface area contributed by atoms with Crippen LogP contribution in [0, 0.1) is 6.92 Å². The number of nitrogens with zero attached hydrogens (tertiary/aromatic N) is 6. The number of amides is 2. The summed E-state index contributed by atoms with van der Waals surface area (Å²) in [6.45, 7) is 1.86. The molecule has 0 bridgehead atoms. The van der Waals surface area contributed by atoms with Crippen LogP contribution in [-0.2, 0) is 16.1 Å². The molecule has 37 heavy (non-hydrogen) atoms. The zero-order valence-corrected chi connectivity index (χ0v) is 19.8. The summed E-state index contributed by atoms with van der Waals surface area (Å²) in [6.07, 6.45) is 3.18. The maximum absolute atomic E-state index is 13.1. The molecule has 0 radical (unpaired) electrons. The molecule has 4 aromatic rings. The summed E-state index contributed by atoms with van der Waals surface area (Å²) in [4.78, 5) is 51.2. The van der Waals surface area contributed by atoms with Crippen molar-refractivity contribution in [2.45, 2.75) is 20.0 Å². The number of aryl methyl sites for hydroxylation is 1. The molecule has 10 nitrogen and oxygen atoms in total. The molecule has 0 unspecified atom stereocenters. The first-order valence-electron chi connectivity index (χ1n) is 11.5. The van der Waals surface area contributed by atoms with Crippen LogP contribution >= 0.6 is 0 Å². The molecule has 0 atom stereocenters. The number of carbonyl (C=O) groups excluding carboxylic acids is 3. The van der Waals surface area contributed by atoms with E-state index in [2.05, 4.69) is 20.0 Å². The number of rotatable bonds is 7. The summed E-state index contributed by atoms with van der Waals surface area (Å²) in [5.74, 6) is -1.58. The molecule has 0 spiro atoms. The Morgan fingerprint density at radius 2 is 1.73 bits per heavy atom. The van der Waals surface area contributed by atoms with Crippen molar-refractivity contribution in [3.8, 4) is 11.4 Å². The van der Waals surface area contributed by atoms with Crippen LogP contribution in [0.4, 0.5) is 5.69 Å². The number of hydrogen-bond donors (Lipinski definition) is 0. The molecule has 2 aromatic carbocycles. The lowest BCUT2D eigenvalue weighted by Gasteiger charge is -2.27. The van der Waals surface area contributed by atoms with Gasteiger partial charge >= 0.3 is 5.97 Å². The summed E-state index contributed by atoms with van der Waals surface area (Å²) in [6, 6.07) is 15.4. The van der Waals surface area contributed by atoms with Crippen molar-refractivity contribution >= 4 is 34.2 Å². The first-order valence-corrected chi connectivity index (χ1v) is 11.5. The van der Waals surface area contributed by atoms with E-state index in [4.69, 9.17) is 10.3 Å². The molecule has 1 aliphatic rings. The zero-order valence-electron chi connectivity index (χ0n) is 19.8. The van der Waals surface area contributed by atoms with Crippen molar-refractivity contribution in [1.82, 2.24) is 14.9 Å². The van der Waals surface area contributed by atoms with Gasteiger partial charge in [0.2, 0.25) is 0 Å². The monoisotopic (exact) mass is 492 g/mol. The number of ether oxygens (including phenoxy) is 1. The van der Waals surface area contributed by atoms with Gasteiger partial charge in [0.25, 0.3) is 11.8 Å². The Morgan fingerprint density at radius 1 is 1.00 bits per heavy atom. The van der Waals surface area contributed by atoms with Gasteiger partial charge in [0.05, 0.1) is 17.8 Å². The van der Waals surface area contributed by atoms with Crippen molar-refractivity contribution in [3.05, 3.63) is 99.7 Å². The van der Waals surface area contributed by atoms with Crippen LogP contribution < -0.4 is 0 Å². The largest absolute Gasteiger partial charge is 0.461 e. The minimum atomic E-state index is -0.546. The normalized spacial score (nSPS) is 12.4. The number of azide groups is 1. The second-order valence-corrected chi connectivity index (χ2v) is 8.49. The Kier molecular flexibility index (Phi) is 6.32. The third-order valence-corrected chi connectivity index (χ3v) is 6.06. The van der Waals surface area contributed by atoms with Crippen LogP contribution in [0.15, 0.2) is 72.1 Å². The summed E-state index contributed by atoms with van der Waals surface area (Å²) >= 11 is 0. The van der Waals surface area contributed by atoms with Gasteiger partial charge in [-0.25, -0.2) is 0 Å². The highest BCUT2D eigenvalue weighted by Crippen LogP contribution is 2.35. The lowest BCUT2D eigenvalue weighted by Crippen LogP contribution is -2.41. The predicted octanol–water partition coefficient (Wildman–Crippen LogP) is 5.28. The minimum absolute atomic E-state index is 0.0202. The van der Waals surface area contributed by atoms with Crippen molar-refractivity contribution in [1.29, 1.82) is 0 Å². The van der Waals surface area contributed by atoms with Crippen LogP contribution in [0.2, 0.25) is 0 Å². The summed E-state index contributed by atoms with van der Waals surface area (Å²) in [5, 5.41) is 4.61. The van der Waals surface area contributed by atoms with E-state index in [0.717, 1.165) is 21.7 Å². The van der Waals surface area contributed by atoms with Gasteiger partial charge in [0.15, 0.2) is 0 Å². The molecular weight excluding hydrogens is 472 g/mol. The van der Waals surface area contributed by atoms with Crippen molar-refractivity contribution < 1.29 is 19.1 Å². The summed E-state index contributed by atoms with van der Waals surface area (Å²) in [5.41, 5.74) is 12.9. The number of esters is 1. The third kappa shape index (κ3) is 4.61. The van der Waals surface area contributed by atoms with Crippen molar-refractivity contribution in [2.75, 3.05) is 6.54 Å². The van der Waals surface area contributed by atoms with Gasteiger partial charge in [0, 0.05) is 46.1 Å². The van der Waals surface area contributed by atoms with E-state index < -0.39 is 17.8 Å². The molecule has 0 N–H and O–H groups in total. The van der Waals surface area contributed by atoms with Gasteiger partial charge < -0.3 is 4.74 Å². The van der Waals surface area contributed by atoms with Gasteiger partial charge in [-0.15, -0.1) is 0 Å². The number of aromatic nitrogens is 2. The number of benzene rings is 2. The van der Waals surface area contributed by atoms with Gasteiger partial charge in [0.1, 0.15) is 6.61 Å². The molecule has 1 aliphatic heterocycles. The van der Waals surface area contributed by atoms with Gasteiger partial charge in [-0.05, 0) is 65.4 Å². The van der Waals surface area contributed by atoms with E-state index in [1.807, 2.05) is 19.1 Å². The lowest BCUT2D eigenvalue weighted by molar-refractivity contribution is -0.145. The maximum atomic E-state index is 13.1.